The van der Waals surface area contributed by atoms with Crippen molar-refractivity contribution in [3.8, 4) is 22.9 Å². The molecule has 1 aliphatic rings. The van der Waals surface area contributed by atoms with E-state index in [0.717, 1.165) is 6.07 Å². The minimum atomic E-state index is -4.54. The van der Waals surface area contributed by atoms with Crippen LogP contribution in [0.25, 0.3) is 11.3 Å². The van der Waals surface area contributed by atoms with Gasteiger partial charge in [-0.1, -0.05) is 18.2 Å². The number of aromatic amines is 1. The van der Waals surface area contributed by atoms with Gasteiger partial charge in [-0.15, -0.1) is 5.10 Å². The first-order valence-corrected chi connectivity index (χ1v) is 8.48. The van der Waals surface area contributed by atoms with Crippen LogP contribution in [0.5, 0.6) is 11.6 Å². The Kier molecular flexibility index (Phi) is 4.33. The monoisotopic (exact) mass is 388 g/mol. The van der Waals surface area contributed by atoms with Gasteiger partial charge in [0.1, 0.15) is 5.75 Å². The lowest BCUT2D eigenvalue weighted by atomic mass is 9.83. The first kappa shape index (κ1) is 18.1. The van der Waals surface area contributed by atoms with E-state index in [1.807, 2.05) is 0 Å². The van der Waals surface area contributed by atoms with Crippen LogP contribution >= 0.6 is 0 Å². The van der Waals surface area contributed by atoms with Crippen molar-refractivity contribution in [2.24, 2.45) is 0 Å². The van der Waals surface area contributed by atoms with Crippen molar-refractivity contribution in [3.05, 3.63) is 65.2 Å². The summed E-state index contributed by atoms with van der Waals surface area (Å²) in [6.45, 7) is 0. The van der Waals surface area contributed by atoms with Gasteiger partial charge in [0.15, 0.2) is 0 Å². The van der Waals surface area contributed by atoms with Crippen molar-refractivity contribution in [2.75, 3.05) is 7.11 Å². The van der Waals surface area contributed by atoms with E-state index in [9.17, 15) is 18.0 Å². The SMILES string of the molecule is COc1ccc(-c2[nH]nc3c2[C@@H](c2ccccc2C(F)(F)F)CC(=O)O3)cc1. The fraction of sp³-hybridized carbons (Fsp3) is 0.200. The average molecular weight is 388 g/mol. The van der Waals surface area contributed by atoms with E-state index in [1.54, 1.807) is 24.3 Å². The molecule has 0 saturated carbocycles. The van der Waals surface area contributed by atoms with Crippen molar-refractivity contribution >= 4 is 5.97 Å². The summed E-state index contributed by atoms with van der Waals surface area (Å²) in [5.41, 5.74) is 0.877. The van der Waals surface area contributed by atoms with Crippen molar-refractivity contribution in [1.82, 2.24) is 10.2 Å². The number of hydrogen-bond acceptors (Lipinski definition) is 4. The zero-order valence-corrected chi connectivity index (χ0v) is 14.7. The maximum atomic E-state index is 13.6. The number of aromatic nitrogens is 2. The molecule has 2 heterocycles. The van der Waals surface area contributed by atoms with E-state index in [1.165, 1.54) is 25.3 Å². The number of rotatable bonds is 3. The van der Waals surface area contributed by atoms with Gasteiger partial charge in [-0.3, -0.25) is 9.89 Å². The molecule has 1 aliphatic heterocycles. The number of carbonyl (C=O) groups excluding carboxylic acids is 1. The van der Waals surface area contributed by atoms with E-state index in [4.69, 9.17) is 9.47 Å². The van der Waals surface area contributed by atoms with Crippen molar-refractivity contribution in [1.29, 1.82) is 0 Å². The smallest absolute Gasteiger partial charge is 0.416 e. The molecule has 5 nitrogen and oxygen atoms in total. The molecule has 0 saturated heterocycles. The molecular weight excluding hydrogens is 373 g/mol. The lowest BCUT2D eigenvalue weighted by Gasteiger charge is -2.25. The Labute approximate surface area is 158 Å². The normalized spacial score (nSPS) is 16.4. The van der Waals surface area contributed by atoms with Crippen LogP contribution < -0.4 is 9.47 Å². The molecule has 0 spiro atoms. The Bertz CT molecular complexity index is 1030. The molecule has 1 aromatic heterocycles. The van der Waals surface area contributed by atoms with E-state index in [0.29, 0.717) is 22.6 Å². The number of alkyl halides is 3. The third-order valence-electron chi connectivity index (χ3n) is 4.72. The molecule has 0 amide bonds. The molecule has 28 heavy (non-hydrogen) atoms. The van der Waals surface area contributed by atoms with Gasteiger partial charge >= 0.3 is 12.1 Å². The summed E-state index contributed by atoms with van der Waals surface area (Å²) >= 11 is 0. The average Bonchev–Trinajstić information content (AvgIpc) is 3.10. The van der Waals surface area contributed by atoms with E-state index >= 15 is 0 Å². The first-order valence-electron chi connectivity index (χ1n) is 8.48. The second-order valence-electron chi connectivity index (χ2n) is 6.36. The predicted molar refractivity (Wildman–Crippen MR) is 94.1 cm³/mol. The van der Waals surface area contributed by atoms with Crippen LogP contribution in [0.3, 0.4) is 0 Å². The van der Waals surface area contributed by atoms with Crippen molar-refractivity contribution in [2.45, 2.75) is 18.5 Å². The number of carbonyl (C=O) groups is 1. The number of H-pyrrole nitrogens is 1. The Morgan fingerprint density at radius 2 is 1.86 bits per heavy atom. The third-order valence-corrected chi connectivity index (χ3v) is 4.72. The number of nitrogens with zero attached hydrogens (tertiary/aromatic N) is 1. The largest absolute Gasteiger partial charge is 0.497 e. The zero-order chi connectivity index (χ0) is 19.9. The van der Waals surface area contributed by atoms with Gasteiger partial charge < -0.3 is 9.47 Å². The van der Waals surface area contributed by atoms with Crippen LogP contribution in [0.2, 0.25) is 0 Å². The summed E-state index contributed by atoms with van der Waals surface area (Å²) in [5, 5.41) is 6.81. The van der Waals surface area contributed by atoms with E-state index in [-0.39, 0.29) is 17.9 Å². The lowest BCUT2D eigenvalue weighted by Crippen LogP contribution is -2.23. The van der Waals surface area contributed by atoms with E-state index in [2.05, 4.69) is 10.2 Å². The molecule has 1 atom stereocenters. The Morgan fingerprint density at radius 3 is 2.54 bits per heavy atom. The highest BCUT2D eigenvalue weighted by atomic mass is 19.4. The van der Waals surface area contributed by atoms with Crippen molar-refractivity contribution < 1.29 is 27.4 Å². The molecule has 3 aromatic rings. The zero-order valence-electron chi connectivity index (χ0n) is 14.7. The van der Waals surface area contributed by atoms with Gasteiger partial charge in [0.25, 0.3) is 0 Å². The highest BCUT2D eigenvalue weighted by Crippen LogP contribution is 2.46. The van der Waals surface area contributed by atoms with Gasteiger partial charge in [-0.25, -0.2) is 0 Å². The lowest BCUT2D eigenvalue weighted by molar-refractivity contribution is -0.140. The molecule has 2 aromatic carbocycles. The van der Waals surface area contributed by atoms with Gasteiger partial charge in [0, 0.05) is 11.5 Å². The molecule has 144 valence electrons. The van der Waals surface area contributed by atoms with Gasteiger partial charge in [-0.05, 0) is 35.9 Å². The maximum Gasteiger partial charge on any atom is 0.416 e. The highest BCUT2D eigenvalue weighted by molar-refractivity contribution is 5.80. The number of hydrogen-bond donors (Lipinski definition) is 1. The topological polar surface area (TPSA) is 64.2 Å². The molecule has 0 fully saturated rings. The first-order chi connectivity index (χ1) is 13.4. The standard InChI is InChI=1S/C20H15F3N2O3/c1-27-12-8-6-11(7-9-12)18-17-14(10-16(26)28-19(17)25-24-18)13-4-2-3-5-15(13)20(21,22)23/h2-9,14H,10H2,1H3,(H,24,25)/t14-/m1/s1. The number of benzene rings is 2. The number of nitrogens with one attached hydrogen (secondary N) is 1. The predicted octanol–water partition coefficient (Wildman–Crippen LogP) is 4.55. The maximum absolute atomic E-state index is 13.6. The van der Waals surface area contributed by atoms with Crippen LogP contribution in [-0.2, 0) is 11.0 Å². The van der Waals surface area contributed by atoms with Crippen LogP contribution in [0, 0.1) is 0 Å². The molecule has 0 bridgehead atoms. The van der Waals surface area contributed by atoms with Crippen LogP contribution in [-0.4, -0.2) is 23.3 Å². The second-order valence-corrected chi connectivity index (χ2v) is 6.36. The Balaban J connectivity index is 1.87. The molecule has 0 radical (unpaired) electrons. The number of ether oxygens (including phenoxy) is 2. The molecule has 0 aliphatic carbocycles. The Morgan fingerprint density at radius 1 is 1.14 bits per heavy atom. The van der Waals surface area contributed by atoms with Gasteiger partial charge in [0.2, 0.25) is 5.88 Å². The summed E-state index contributed by atoms with van der Waals surface area (Å²) in [6, 6.07) is 12.2. The summed E-state index contributed by atoms with van der Waals surface area (Å²) < 4.78 is 51.0. The summed E-state index contributed by atoms with van der Waals surface area (Å²) in [7, 11) is 1.54. The summed E-state index contributed by atoms with van der Waals surface area (Å²) in [6.07, 6.45) is -4.75. The third kappa shape index (κ3) is 3.11. The van der Waals surface area contributed by atoms with Crippen LogP contribution in [0.15, 0.2) is 48.5 Å². The minimum Gasteiger partial charge on any atom is -0.497 e. The number of methoxy groups -OCH3 is 1. The van der Waals surface area contributed by atoms with E-state index < -0.39 is 23.6 Å². The van der Waals surface area contributed by atoms with Crippen LogP contribution in [0.1, 0.15) is 29.0 Å². The molecule has 8 heteroatoms. The van der Waals surface area contributed by atoms with Gasteiger partial charge in [0.05, 0.1) is 30.4 Å². The fourth-order valence-electron chi connectivity index (χ4n) is 3.46. The number of halogens is 3. The minimum absolute atomic E-state index is 0.00375. The van der Waals surface area contributed by atoms with Gasteiger partial charge in [-0.2, -0.15) is 13.2 Å². The number of fused-ring (bicyclic) bond motifs is 1. The molecular formula is C20H15F3N2O3. The Hall–Kier alpha value is -3.29. The number of esters is 1. The molecule has 4 rings (SSSR count). The van der Waals surface area contributed by atoms with Crippen molar-refractivity contribution in [3.63, 3.8) is 0 Å². The summed E-state index contributed by atoms with van der Waals surface area (Å²) in [4.78, 5) is 12.0. The highest BCUT2D eigenvalue weighted by Gasteiger charge is 2.40. The summed E-state index contributed by atoms with van der Waals surface area (Å²) in [5.74, 6) is -0.807. The second kappa shape index (κ2) is 6.70. The quantitative estimate of drug-likeness (QED) is 0.669. The van der Waals surface area contributed by atoms with Crippen LogP contribution in [0.4, 0.5) is 13.2 Å². The molecule has 0 unspecified atom stereocenters. The fourth-order valence-corrected chi connectivity index (χ4v) is 3.46. The molecule has 1 N–H and O–H groups in total.